The number of thioether (sulfide) groups is 2. The fourth-order valence-electron chi connectivity index (χ4n) is 2.79. The van der Waals surface area contributed by atoms with Crippen LogP contribution < -0.4 is 0 Å². The van der Waals surface area contributed by atoms with Gasteiger partial charge in [0.2, 0.25) is 0 Å². The highest BCUT2D eigenvalue weighted by Gasteiger charge is 2.28. The fourth-order valence-corrected chi connectivity index (χ4v) is 8.10. The van der Waals surface area contributed by atoms with Gasteiger partial charge in [0.15, 0.2) is 0 Å². The number of esters is 2. The second-order valence-corrected chi connectivity index (χ2v) is 18.0. The van der Waals surface area contributed by atoms with E-state index in [0.717, 1.165) is 36.4 Å². The topological polar surface area (TPSA) is 89.5 Å². The van der Waals surface area contributed by atoms with E-state index in [1.807, 2.05) is 26.9 Å². The highest BCUT2D eigenvalue weighted by atomic mass is 32.2. The third-order valence-corrected chi connectivity index (χ3v) is 14.3. The molecule has 0 heterocycles. The molecule has 0 aliphatic carbocycles. The largest absolute Gasteiger partial charge is 0.462 e. The van der Waals surface area contributed by atoms with Gasteiger partial charge in [-0.2, -0.15) is 23.5 Å². The van der Waals surface area contributed by atoms with Crippen LogP contribution in [0.5, 0.6) is 0 Å². The molecule has 0 rings (SSSR count). The summed E-state index contributed by atoms with van der Waals surface area (Å²) in [6.45, 7) is 7.98. The van der Waals surface area contributed by atoms with Crippen molar-refractivity contribution in [2.75, 3.05) is 64.7 Å². The lowest BCUT2D eigenvalue weighted by molar-refractivity contribution is -0.155. The zero-order chi connectivity index (χ0) is 26.0. The third-order valence-electron chi connectivity index (χ3n) is 5.68. The second-order valence-electron chi connectivity index (χ2n) is 8.58. The van der Waals surface area contributed by atoms with E-state index in [2.05, 4.69) is 0 Å². The highest BCUT2D eigenvalue weighted by Crippen LogP contribution is 2.19. The van der Waals surface area contributed by atoms with Crippen molar-refractivity contribution in [2.24, 2.45) is 11.8 Å². The number of rotatable bonds is 21. The van der Waals surface area contributed by atoms with Gasteiger partial charge in [0.05, 0.1) is 11.8 Å². The molecule has 2 atom stereocenters. The zero-order valence-corrected chi connectivity index (χ0v) is 25.9. The van der Waals surface area contributed by atoms with Gasteiger partial charge in [0.25, 0.3) is 0 Å². The summed E-state index contributed by atoms with van der Waals surface area (Å²) in [5.74, 6) is 2.35. The molecule has 12 heteroatoms. The summed E-state index contributed by atoms with van der Waals surface area (Å²) in [7, 11) is 2.76. The van der Waals surface area contributed by atoms with E-state index in [1.54, 1.807) is 52.0 Å². The summed E-state index contributed by atoms with van der Waals surface area (Å²) in [5, 5.41) is 0. The van der Waals surface area contributed by atoms with Gasteiger partial charge >= 0.3 is 29.1 Å². The van der Waals surface area contributed by atoms with Crippen LogP contribution in [-0.2, 0) is 36.8 Å². The van der Waals surface area contributed by atoms with Crippen molar-refractivity contribution in [3.05, 3.63) is 0 Å². The van der Waals surface area contributed by atoms with Crippen LogP contribution in [0.3, 0.4) is 0 Å². The lowest BCUT2D eigenvalue weighted by atomic mass is 10.2. The third kappa shape index (κ3) is 15.1. The van der Waals surface area contributed by atoms with Crippen LogP contribution in [0.25, 0.3) is 0 Å². The van der Waals surface area contributed by atoms with Crippen LogP contribution >= 0.6 is 23.5 Å². The first-order valence-electron chi connectivity index (χ1n) is 11.8. The Morgan fingerprint density at radius 3 is 1.29 bits per heavy atom. The molecule has 0 aliphatic rings. The summed E-state index contributed by atoms with van der Waals surface area (Å²) in [6, 6.07) is 1.85. The Hall–Kier alpha value is -0.0862. The molecule has 0 aliphatic heterocycles. The molecule has 8 nitrogen and oxygen atoms in total. The molecule has 0 aromatic carbocycles. The smallest absolute Gasteiger partial charge is 0.334 e. The molecule has 0 aromatic rings. The summed E-state index contributed by atoms with van der Waals surface area (Å²) in [4.78, 5) is 24.3. The van der Waals surface area contributed by atoms with Crippen molar-refractivity contribution >= 4 is 52.6 Å². The Morgan fingerprint density at radius 1 is 0.676 bits per heavy atom. The molecule has 0 bridgehead atoms. The molecule has 0 saturated heterocycles. The van der Waals surface area contributed by atoms with E-state index in [-0.39, 0.29) is 37.0 Å². The first-order valence-corrected chi connectivity index (χ1v) is 19.1. The lowest BCUT2D eigenvalue weighted by Gasteiger charge is -2.22. The van der Waals surface area contributed by atoms with E-state index in [4.69, 9.17) is 27.2 Å². The number of carbonyl (C=O) groups is 2. The van der Waals surface area contributed by atoms with Gasteiger partial charge < -0.3 is 27.2 Å². The van der Waals surface area contributed by atoms with Crippen molar-refractivity contribution in [3.63, 3.8) is 0 Å². The van der Waals surface area contributed by atoms with Crippen LogP contribution in [-0.4, -0.2) is 93.7 Å². The minimum Gasteiger partial charge on any atom is -0.462 e. The first kappa shape index (κ1) is 33.9. The standard InChI is InChI=1S/C22H46O8S2Si2/c1-19(17-31-13-9-15-33(7,25-3)26-4)21(23)29-11-12-30-22(24)20(2)18-32-14-10-16-34(8,27-5)28-6/h19-20H,9-18H2,1-8H3. The van der Waals surface area contributed by atoms with Gasteiger partial charge in [-0.3, -0.25) is 9.59 Å². The number of carbonyl (C=O) groups excluding carboxylic acids is 2. The van der Waals surface area contributed by atoms with Gasteiger partial charge in [-0.1, -0.05) is 13.8 Å². The van der Waals surface area contributed by atoms with Gasteiger partial charge in [0, 0.05) is 39.9 Å². The molecule has 2 unspecified atom stereocenters. The molecular weight excluding hydrogens is 513 g/mol. The minimum atomic E-state index is -2.01. The molecule has 0 N–H and O–H groups in total. The number of ether oxygens (including phenoxy) is 2. The maximum absolute atomic E-state index is 12.1. The molecular formula is C22H46O8S2Si2. The Morgan fingerprint density at radius 2 is 1.00 bits per heavy atom. The average molecular weight is 559 g/mol. The first-order chi connectivity index (χ1) is 16.1. The fraction of sp³-hybridized carbons (Fsp3) is 0.909. The van der Waals surface area contributed by atoms with Gasteiger partial charge in [0.1, 0.15) is 13.2 Å². The normalized spacial score (nSPS) is 14.0. The van der Waals surface area contributed by atoms with Gasteiger partial charge in [-0.05, 0) is 49.5 Å². The second kappa shape index (κ2) is 19.1. The van der Waals surface area contributed by atoms with Crippen LogP contribution in [0.15, 0.2) is 0 Å². The minimum absolute atomic E-state index is 0.0856. The lowest BCUT2D eigenvalue weighted by Crippen LogP contribution is -2.35. The molecule has 34 heavy (non-hydrogen) atoms. The van der Waals surface area contributed by atoms with Gasteiger partial charge in [-0.25, -0.2) is 0 Å². The van der Waals surface area contributed by atoms with E-state index in [9.17, 15) is 9.59 Å². The SMILES string of the molecule is CO[Si](C)(CCCSCC(C)C(=O)OCCOC(=O)C(C)CSCCC[Si](C)(OC)OC)OC. The molecule has 202 valence electrons. The van der Waals surface area contributed by atoms with Crippen molar-refractivity contribution in [3.8, 4) is 0 Å². The predicted molar refractivity (Wildman–Crippen MR) is 145 cm³/mol. The van der Waals surface area contributed by atoms with Crippen molar-refractivity contribution in [2.45, 2.75) is 51.9 Å². The van der Waals surface area contributed by atoms with Crippen LogP contribution in [0.4, 0.5) is 0 Å². The summed E-state index contributed by atoms with van der Waals surface area (Å²) in [6.07, 6.45) is 1.98. The van der Waals surface area contributed by atoms with Crippen molar-refractivity contribution in [1.29, 1.82) is 0 Å². The van der Waals surface area contributed by atoms with Crippen LogP contribution in [0, 0.1) is 11.8 Å². The molecule has 0 spiro atoms. The van der Waals surface area contributed by atoms with Crippen molar-refractivity contribution in [1.82, 2.24) is 0 Å². The maximum atomic E-state index is 12.1. The molecule has 0 saturated carbocycles. The van der Waals surface area contributed by atoms with Crippen LogP contribution in [0.2, 0.25) is 25.2 Å². The predicted octanol–water partition coefficient (Wildman–Crippen LogP) is 4.32. The van der Waals surface area contributed by atoms with E-state index >= 15 is 0 Å². The molecule has 0 fully saturated rings. The Kier molecular flexibility index (Phi) is 19.0. The summed E-state index contributed by atoms with van der Waals surface area (Å²) < 4.78 is 32.4. The monoisotopic (exact) mass is 558 g/mol. The zero-order valence-electron chi connectivity index (χ0n) is 22.3. The summed E-state index contributed by atoms with van der Waals surface area (Å²) in [5.41, 5.74) is 0. The molecule has 0 radical (unpaired) electrons. The van der Waals surface area contributed by atoms with Crippen LogP contribution in [0.1, 0.15) is 26.7 Å². The quantitative estimate of drug-likeness (QED) is 0.115. The highest BCUT2D eigenvalue weighted by molar-refractivity contribution is 7.99. The van der Waals surface area contributed by atoms with E-state index in [0.29, 0.717) is 11.5 Å². The molecule has 0 aromatic heterocycles. The Balaban J connectivity index is 3.86. The number of hydrogen-bond acceptors (Lipinski definition) is 10. The van der Waals surface area contributed by atoms with E-state index in [1.165, 1.54) is 0 Å². The Labute approximate surface area is 217 Å². The van der Waals surface area contributed by atoms with Crippen molar-refractivity contribution < 1.29 is 36.8 Å². The summed E-state index contributed by atoms with van der Waals surface area (Å²) >= 11 is 3.45. The Bertz CT molecular complexity index is 515. The van der Waals surface area contributed by atoms with E-state index < -0.39 is 17.1 Å². The average Bonchev–Trinajstić information content (AvgIpc) is 2.85. The molecule has 0 amide bonds. The maximum Gasteiger partial charge on any atom is 0.334 e. The number of hydrogen-bond donors (Lipinski definition) is 0. The van der Waals surface area contributed by atoms with Gasteiger partial charge in [-0.15, -0.1) is 0 Å².